The van der Waals surface area contributed by atoms with Crippen molar-refractivity contribution in [3.8, 4) is 0 Å². The molecule has 1 atom stereocenters. The number of nitrogens with one attached hydrogen (secondary N) is 1. The van der Waals surface area contributed by atoms with Crippen LogP contribution < -0.4 is 5.32 Å². The fraction of sp³-hybridized carbons (Fsp3) is 1.00. The Labute approximate surface area is 115 Å². The van der Waals surface area contributed by atoms with Crippen molar-refractivity contribution in [1.29, 1.82) is 0 Å². The summed E-state index contributed by atoms with van der Waals surface area (Å²) in [4.78, 5) is 2.68. The standard InChI is InChI=1S/C16H34N2/c1-5-10-17-11-7-6-8-12-18-13-9-15(14-18)16(2,3)4/h15,17H,5-14H2,1-4H3. The second-order valence-corrected chi connectivity index (χ2v) is 6.96. The van der Waals surface area contributed by atoms with Crippen LogP contribution in [0.25, 0.3) is 0 Å². The quantitative estimate of drug-likeness (QED) is 0.667. The zero-order chi connectivity index (χ0) is 13.4. The van der Waals surface area contributed by atoms with E-state index in [2.05, 4.69) is 37.9 Å². The van der Waals surface area contributed by atoms with Gasteiger partial charge in [-0.3, -0.25) is 0 Å². The Morgan fingerprint density at radius 3 is 2.50 bits per heavy atom. The number of likely N-dealkylation sites (tertiary alicyclic amines) is 1. The van der Waals surface area contributed by atoms with E-state index in [0.717, 1.165) is 5.92 Å². The SMILES string of the molecule is CCCNCCCCCN1CCC(C(C)(C)C)C1. The van der Waals surface area contributed by atoms with Gasteiger partial charge in [-0.25, -0.2) is 0 Å². The van der Waals surface area contributed by atoms with Gasteiger partial charge in [0.2, 0.25) is 0 Å². The van der Waals surface area contributed by atoms with Gasteiger partial charge in [0.05, 0.1) is 0 Å². The largest absolute Gasteiger partial charge is 0.317 e. The van der Waals surface area contributed by atoms with E-state index >= 15 is 0 Å². The van der Waals surface area contributed by atoms with E-state index in [1.807, 2.05) is 0 Å². The molecule has 1 aliphatic rings. The lowest BCUT2D eigenvalue weighted by molar-refractivity contribution is 0.227. The summed E-state index contributed by atoms with van der Waals surface area (Å²) in [5, 5.41) is 3.48. The van der Waals surface area contributed by atoms with Crippen molar-refractivity contribution in [3.05, 3.63) is 0 Å². The van der Waals surface area contributed by atoms with Crippen LogP contribution in [0.3, 0.4) is 0 Å². The molecule has 2 nitrogen and oxygen atoms in total. The lowest BCUT2D eigenvalue weighted by atomic mass is 9.80. The van der Waals surface area contributed by atoms with Gasteiger partial charge < -0.3 is 10.2 Å². The van der Waals surface area contributed by atoms with Gasteiger partial charge in [0.1, 0.15) is 0 Å². The van der Waals surface area contributed by atoms with Crippen LogP contribution in [0.1, 0.15) is 59.8 Å². The highest BCUT2D eigenvalue weighted by Gasteiger charge is 2.31. The van der Waals surface area contributed by atoms with Gasteiger partial charge in [-0.15, -0.1) is 0 Å². The van der Waals surface area contributed by atoms with Crippen LogP contribution in [-0.4, -0.2) is 37.6 Å². The molecule has 2 heteroatoms. The highest BCUT2D eigenvalue weighted by molar-refractivity contribution is 4.83. The molecule has 1 fully saturated rings. The van der Waals surface area contributed by atoms with Gasteiger partial charge in [0.25, 0.3) is 0 Å². The molecule has 0 aromatic carbocycles. The van der Waals surface area contributed by atoms with E-state index in [4.69, 9.17) is 0 Å². The first kappa shape index (κ1) is 16.0. The third-order valence-electron chi connectivity index (χ3n) is 4.25. The predicted octanol–water partition coefficient (Wildman–Crippen LogP) is 3.52. The summed E-state index contributed by atoms with van der Waals surface area (Å²) >= 11 is 0. The maximum Gasteiger partial charge on any atom is 0.00151 e. The maximum absolute atomic E-state index is 3.48. The summed E-state index contributed by atoms with van der Waals surface area (Å²) in [6.45, 7) is 15.8. The molecule has 108 valence electrons. The Hall–Kier alpha value is -0.0800. The van der Waals surface area contributed by atoms with E-state index in [1.54, 1.807) is 0 Å². The topological polar surface area (TPSA) is 15.3 Å². The van der Waals surface area contributed by atoms with Crippen LogP contribution in [0, 0.1) is 11.3 Å². The number of unbranched alkanes of at least 4 members (excludes halogenated alkanes) is 2. The molecule has 1 saturated heterocycles. The van der Waals surface area contributed by atoms with Gasteiger partial charge in [-0.05, 0) is 63.2 Å². The lowest BCUT2D eigenvalue weighted by Crippen LogP contribution is -2.26. The highest BCUT2D eigenvalue weighted by atomic mass is 15.1. The second-order valence-electron chi connectivity index (χ2n) is 6.96. The summed E-state index contributed by atoms with van der Waals surface area (Å²) in [6.07, 6.45) is 6.76. The highest BCUT2D eigenvalue weighted by Crippen LogP contribution is 2.33. The molecule has 0 aromatic heterocycles. The van der Waals surface area contributed by atoms with Crippen LogP contribution in [0.2, 0.25) is 0 Å². The van der Waals surface area contributed by atoms with Crippen LogP contribution in [0.5, 0.6) is 0 Å². The van der Waals surface area contributed by atoms with Crippen LogP contribution >= 0.6 is 0 Å². The predicted molar refractivity (Wildman–Crippen MR) is 81.0 cm³/mol. The van der Waals surface area contributed by atoms with E-state index < -0.39 is 0 Å². The minimum atomic E-state index is 0.499. The Balaban J connectivity index is 1.98. The van der Waals surface area contributed by atoms with E-state index in [-0.39, 0.29) is 0 Å². The Morgan fingerprint density at radius 2 is 1.89 bits per heavy atom. The summed E-state index contributed by atoms with van der Waals surface area (Å²) in [5.74, 6) is 0.906. The summed E-state index contributed by atoms with van der Waals surface area (Å²) < 4.78 is 0. The van der Waals surface area contributed by atoms with Crippen molar-refractivity contribution >= 4 is 0 Å². The van der Waals surface area contributed by atoms with E-state index in [9.17, 15) is 0 Å². The van der Waals surface area contributed by atoms with Crippen LogP contribution in [0.4, 0.5) is 0 Å². The molecule has 0 bridgehead atoms. The molecule has 1 aliphatic heterocycles. The normalized spacial score (nSPS) is 21.7. The number of rotatable bonds is 8. The van der Waals surface area contributed by atoms with Gasteiger partial charge in [-0.2, -0.15) is 0 Å². The average Bonchev–Trinajstić information content (AvgIpc) is 2.76. The minimum Gasteiger partial charge on any atom is -0.317 e. The monoisotopic (exact) mass is 254 g/mol. The molecule has 0 amide bonds. The molecular weight excluding hydrogens is 220 g/mol. The van der Waals surface area contributed by atoms with Crippen LogP contribution in [0.15, 0.2) is 0 Å². The first-order valence-corrected chi connectivity index (χ1v) is 7.97. The number of hydrogen-bond acceptors (Lipinski definition) is 2. The molecule has 0 spiro atoms. The smallest absolute Gasteiger partial charge is 0.00151 e. The van der Waals surface area contributed by atoms with Gasteiger partial charge in [-0.1, -0.05) is 34.1 Å². The molecule has 1 N–H and O–H groups in total. The summed E-state index contributed by atoms with van der Waals surface area (Å²) in [6, 6.07) is 0. The van der Waals surface area contributed by atoms with Crippen molar-refractivity contribution in [2.45, 2.75) is 59.8 Å². The fourth-order valence-electron chi connectivity index (χ4n) is 2.81. The fourth-order valence-corrected chi connectivity index (χ4v) is 2.81. The van der Waals surface area contributed by atoms with Gasteiger partial charge in [0, 0.05) is 6.54 Å². The van der Waals surface area contributed by atoms with Crippen LogP contribution in [-0.2, 0) is 0 Å². The third kappa shape index (κ3) is 6.19. The molecule has 0 aliphatic carbocycles. The number of nitrogens with zero attached hydrogens (tertiary/aromatic N) is 1. The first-order chi connectivity index (χ1) is 8.54. The molecule has 0 saturated carbocycles. The maximum atomic E-state index is 3.48. The van der Waals surface area contributed by atoms with Gasteiger partial charge >= 0.3 is 0 Å². The molecule has 1 rings (SSSR count). The van der Waals surface area contributed by atoms with E-state index in [1.165, 1.54) is 64.8 Å². The van der Waals surface area contributed by atoms with Crippen molar-refractivity contribution < 1.29 is 0 Å². The van der Waals surface area contributed by atoms with Gasteiger partial charge in [0.15, 0.2) is 0 Å². The third-order valence-corrected chi connectivity index (χ3v) is 4.25. The molecule has 18 heavy (non-hydrogen) atoms. The molecular formula is C16H34N2. The zero-order valence-corrected chi connectivity index (χ0v) is 13.1. The molecule has 0 aromatic rings. The lowest BCUT2D eigenvalue weighted by Gasteiger charge is -2.27. The Bertz CT molecular complexity index is 208. The average molecular weight is 254 g/mol. The van der Waals surface area contributed by atoms with Crippen molar-refractivity contribution in [3.63, 3.8) is 0 Å². The summed E-state index contributed by atoms with van der Waals surface area (Å²) in [5.41, 5.74) is 0.499. The van der Waals surface area contributed by atoms with Crippen molar-refractivity contribution in [2.24, 2.45) is 11.3 Å². The molecule has 1 heterocycles. The number of hydrogen-bond donors (Lipinski definition) is 1. The molecule has 1 unspecified atom stereocenters. The zero-order valence-electron chi connectivity index (χ0n) is 13.1. The first-order valence-electron chi connectivity index (χ1n) is 7.97. The van der Waals surface area contributed by atoms with Crippen molar-refractivity contribution in [2.75, 3.05) is 32.7 Å². The molecule has 0 radical (unpaired) electrons. The second kappa shape index (κ2) is 8.16. The Morgan fingerprint density at radius 1 is 1.11 bits per heavy atom. The minimum absolute atomic E-state index is 0.499. The van der Waals surface area contributed by atoms with Crippen molar-refractivity contribution in [1.82, 2.24) is 10.2 Å². The van der Waals surface area contributed by atoms with E-state index in [0.29, 0.717) is 5.41 Å². The summed E-state index contributed by atoms with van der Waals surface area (Å²) in [7, 11) is 0. The Kier molecular flexibility index (Phi) is 7.25.